The van der Waals surface area contributed by atoms with Crippen molar-refractivity contribution in [2.24, 2.45) is 0 Å². The van der Waals surface area contributed by atoms with Crippen molar-refractivity contribution in [3.05, 3.63) is 45.6 Å². The summed E-state index contributed by atoms with van der Waals surface area (Å²) in [5, 5.41) is 15.6. The van der Waals surface area contributed by atoms with Crippen LogP contribution in [0.1, 0.15) is 17.5 Å². The molecule has 136 valence electrons. The fourth-order valence-electron chi connectivity index (χ4n) is 2.62. The number of thiazole rings is 1. The third-order valence-electron chi connectivity index (χ3n) is 3.96. The van der Waals surface area contributed by atoms with Crippen LogP contribution in [0.25, 0.3) is 0 Å². The highest BCUT2D eigenvalue weighted by Gasteiger charge is 2.41. The number of aliphatic hydroxyl groups excluding tert-OH is 1. The molecule has 0 amide bonds. The van der Waals surface area contributed by atoms with Crippen molar-refractivity contribution in [2.75, 3.05) is 12.4 Å². The number of nitrogens with zero attached hydrogens (tertiary/aromatic N) is 2. The van der Waals surface area contributed by atoms with Gasteiger partial charge in [-0.15, -0.1) is 11.3 Å². The molecule has 1 aromatic carbocycles. The summed E-state index contributed by atoms with van der Waals surface area (Å²) in [4.78, 5) is 4.14. The molecule has 1 fully saturated rings. The molecule has 1 aliphatic heterocycles. The van der Waals surface area contributed by atoms with Gasteiger partial charge in [0.2, 0.25) is 0 Å². The zero-order valence-corrected chi connectivity index (χ0v) is 15.4. The van der Waals surface area contributed by atoms with Crippen LogP contribution in [0, 0.1) is 5.82 Å². The van der Waals surface area contributed by atoms with E-state index >= 15 is 0 Å². The highest BCUT2D eigenvalue weighted by molar-refractivity contribution is 7.87. The summed E-state index contributed by atoms with van der Waals surface area (Å²) in [5.41, 5.74) is 0.383. The summed E-state index contributed by atoms with van der Waals surface area (Å²) in [6.07, 6.45) is 0.689. The lowest BCUT2D eigenvalue weighted by Crippen LogP contribution is -2.57. The Bertz CT molecular complexity index is 850. The maximum atomic E-state index is 13.2. The lowest BCUT2D eigenvalue weighted by atomic mass is 10.1. The molecule has 0 spiro atoms. The molecule has 3 N–H and O–H groups in total. The number of nitrogens with one attached hydrogen (secondary N) is 2. The van der Waals surface area contributed by atoms with Gasteiger partial charge in [-0.05, 0) is 24.6 Å². The third-order valence-corrected chi connectivity index (χ3v) is 6.75. The minimum atomic E-state index is -3.77. The van der Waals surface area contributed by atoms with Gasteiger partial charge in [0.1, 0.15) is 17.1 Å². The smallest absolute Gasteiger partial charge is 0.280 e. The van der Waals surface area contributed by atoms with E-state index in [-0.39, 0.29) is 5.02 Å². The van der Waals surface area contributed by atoms with Crippen molar-refractivity contribution in [2.45, 2.75) is 24.7 Å². The third kappa shape index (κ3) is 3.94. The zero-order chi connectivity index (χ0) is 18.2. The van der Waals surface area contributed by atoms with E-state index in [4.69, 9.17) is 11.6 Å². The lowest BCUT2D eigenvalue weighted by Gasteiger charge is -2.38. The van der Waals surface area contributed by atoms with Gasteiger partial charge in [0.15, 0.2) is 0 Å². The number of aliphatic hydroxyl groups is 1. The first-order valence-electron chi connectivity index (χ1n) is 7.32. The zero-order valence-electron chi connectivity index (χ0n) is 13.1. The minimum absolute atomic E-state index is 0.0934. The van der Waals surface area contributed by atoms with E-state index in [2.05, 4.69) is 15.0 Å². The molecule has 1 aromatic heterocycles. The second-order valence-electron chi connectivity index (χ2n) is 5.58. The van der Waals surface area contributed by atoms with Gasteiger partial charge in [-0.1, -0.05) is 11.6 Å². The van der Waals surface area contributed by atoms with E-state index in [1.54, 1.807) is 11.6 Å². The van der Waals surface area contributed by atoms with Gasteiger partial charge in [-0.25, -0.2) is 9.37 Å². The highest BCUT2D eigenvalue weighted by Crippen LogP contribution is 2.31. The van der Waals surface area contributed by atoms with Gasteiger partial charge in [0.25, 0.3) is 10.2 Å². The normalized spacial score (nSPS) is 24.8. The van der Waals surface area contributed by atoms with E-state index in [9.17, 15) is 17.9 Å². The van der Waals surface area contributed by atoms with Crippen LogP contribution in [0.5, 0.6) is 0 Å². The molecule has 0 saturated carbocycles. The minimum Gasteiger partial charge on any atom is -0.372 e. The quantitative estimate of drug-likeness (QED) is 0.674. The van der Waals surface area contributed by atoms with Gasteiger partial charge >= 0.3 is 0 Å². The Kier molecular flexibility index (Phi) is 5.28. The fourth-order valence-corrected chi connectivity index (χ4v) is 4.87. The molecule has 0 radical (unpaired) electrons. The monoisotopic (exact) mass is 406 g/mol. The fraction of sp³-hybridized carbons (Fsp3) is 0.357. The maximum absolute atomic E-state index is 13.2. The first-order valence-corrected chi connectivity index (χ1v) is 10.0. The molecule has 0 bridgehead atoms. The largest absolute Gasteiger partial charge is 0.372 e. The van der Waals surface area contributed by atoms with Gasteiger partial charge < -0.3 is 10.4 Å². The van der Waals surface area contributed by atoms with Crippen molar-refractivity contribution < 1.29 is 17.9 Å². The van der Waals surface area contributed by atoms with Crippen LogP contribution in [0.4, 0.5) is 10.1 Å². The van der Waals surface area contributed by atoms with E-state index in [0.717, 1.165) is 4.31 Å². The Morgan fingerprint density at radius 1 is 1.56 bits per heavy atom. The SMILES string of the molecule is CN1[C@@H](C(O)Nc2ccc(F)c(Cl)c2)C[C@@H](c2nccs2)NS1(=O)=O. The molecule has 25 heavy (non-hydrogen) atoms. The van der Waals surface area contributed by atoms with Gasteiger partial charge in [0.05, 0.1) is 17.1 Å². The molecule has 1 aliphatic rings. The summed E-state index contributed by atoms with van der Waals surface area (Å²) in [5.74, 6) is -0.577. The van der Waals surface area contributed by atoms with Crippen LogP contribution in [0.3, 0.4) is 0 Å². The van der Waals surface area contributed by atoms with E-state index in [1.165, 1.54) is 36.6 Å². The predicted molar refractivity (Wildman–Crippen MR) is 94.1 cm³/mol. The Hall–Kier alpha value is -1.30. The van der Waals surface area contributed by atoms with Crippen molar-refractivity contribution in [3.63, 3.8) is 0 Å². The molecule has 1 saturated heterocycles. The van der Waals surface area contributed by atoms with E-state index in [0.29, 0.717) is 17.1 Å². The molecule has 11 heteroatoms. The first-order chi connectivity index (χ1) is 11.8. The summed E-state index contributed by atoms with van der Waals surface area (Å²) < 4.78 is 41.5. The average molecular weight is 407 g/mol. The number of benzene rings is 1. The number of rotatable bonds is 4. The standard InChI is InChI=1S/C14H16ClFN4O3S2/c1-20-12(13(21)18-8-2-3-10(16)9(15)6-8)7-11(19-25(20,22)23)14-17-4-5-24-14/h2-6,11-13,18-19,21H,7H2,1H3/t11-,12+,13?/m0/s1. The molecule has 2 aromatic rings. The van der Waals surface area contributed by atoms with Crippen LogP contribution >= 0.6 is 22.9 Å². The summed E-state index contributed by atoms with van der Waals surface area (Å²) in [6, 6.07) is 2.63. The molecule has 2 heterocycles. The second-order valence-corrected chi connectivity index (χ2v) is 8.68. The number of anilines is 1. The number of hydrogen-bond donors (Lipinski definition) is 3. The lowest BCUT2D eigenvalue weighted by molar-refractivity contribution is 0.102. The maximum Gasteiger partial charge on any atom is 0.280 e. The van der Waals surface area contributed by atoms with Crippen molar-refractivity contribution in [3.8, 4) is 0 Å². The molecule has 3 rings (SSSR count). The van der Waals surface area contributed by atoms with Crippen molar-refractivity contribution in [1.29, 1.82) is 0 Å². The summed E-state index contributed by atoms with van der Waals surface area (Å²) >= 11 is 7.06. The molecular formula is C14H16ClFN4O3S2. The Morgan fingerprint density at radius 3 is 2.96 bits per heavy atom. The molecule has 1 unspecified atom stereocenters. The van der Waals surface area contributed by atoms with Gasteiger partial charge in [-0.2, -0.15) is 17.4 Å². The van der Waals surface area contributed by atoms with Crippen LogP contribution in [0.2, 0.25) is 5.02 Å². The number of aromatic nitrogens is 1. The van der Waals surface area contributed by atoms with Crippen LogP contribution in [0.15, 0.2) is 29.8 Å². The first kappa shape index (κ1) is 18.5. The van der Waals surface area contributed by atoms with Gasteiger partial charge in [0, 0.05) is 24.3 Å². The molecule has 0 aliphatic carbocycles. The Morgan fingerprint density at radius 2 is 2.32 bits per heavy atom. The van der Waals surface area contributed by atoms with Crippen molar-refractivity contribution >= 4 is 38.8 Å². The highest BCUT2D eigenvalue weighted by atomic mass is 35.5. The molecule has 7 nitrogen and oxygen atoms in total. The number of halogens is 2. The number of likely N-dealkylation sites (N-methyl/N-ethyl adjacent to an activating group) is 1. The van der Waals surface area contributed by atoms with Crippen LogP contribution in [-0.2, 0) is 10.2 Å². The average Bonchev–Trinajstić information content (AvgIpc) is 3.07. The summed E-state index contributed by atoms with van der Waals surface area (Å²) in [7, 11) is -2.39. The number of hydrogen-bond acceptors (Lipinski definition) is 6. The van der Waals surface area contributed by atoms with E-state index < -0.39 is 34.3 Å². The summed E-state index contributed by atoms with van der Waals surface area (Å²) in [6.45, 7) is 0. The molecular weight excluding hydrogens is 391 g/mol. The van der Waals surface area contributed by atoms with E-state index in [1.807, 2.05) is 0 Å². The Labute approximate surface area is 153 Å². The van der Waals surface area contributed by atoms with Crippen LogP contribution < -0.4 is 10.0 Å². The predicted octanol–water partition coefficient (Wildman–Crippen LogP) is 1.95. The Balaban J connectivity index is 1.81. The topological polar surface area (TPSA) is 94.6 Å². The van der Waals surface area contributed by atoms with Crippen molar-refractivity contribution in [1.82, 2.24) is 14.0 Å². The molecule has 3 atom stereocenters. The second kappa shape index (κ2) is 7.14. The van der Waals surface area contributed by atoms with Gasteiger partial charge in [-0.3, -0.25) is 0 Å². The van der Waals surface area contributed by atoms with Crippen LogP contribution in [-0.4, -0.2) is 42.1 Å².